The van der Waals surface area contributed by atoms with Crippen molar-refractivity contribution in [3.63, 3.8) is 0 Å². The first-order valence-electron chi connectivity index (χ1n) is 12.4. The first-order valence-corrected chi connectivity index (χ1v) is 12.4. The van der Waals surface area contributed by atoms with E-state index in [1.54, 1.807) is 41.1 Å². The molecule has 0 saturated carbocycles. The number of urea groups is 1. The number of amides is 4. The van der Waals surface area contributed by atoms with Crippen LogP contribution in [-0.4, -0.2) is 84.2 Å². The Bertz CT molecular complexity index is 1120. The fraction of sp³-hybridized carbons (Fsp3) is 0.444. The normalized spacial score (nSPS) is 20.2. The van der Waals surface area contributed by atoms with E-state index in [-0.39, 0.29) is 36.9 Å². The van der Waals surface area contributed by atoms with Crippen LogP contribution in [0, 0.1) is 5.92 Å². The third kappa shape index (κ3) is 5.48. The largest absolute Gasteiger partial charge is 0.497 e. The summed E-state index contributed by atoms with van der Waals surface area (Å²) in [6.45, 7) is 4.76. The molecule has 37 heavy (non-hydrogen) atoms. The van der Waals surface area contributed by atoms with Gasteiger partial charge < -0.3 is 24.6 Å². The minimum absolute atomic E-state index is 0.0153. The average Bonchev–Trinajstić information content (AvgIpc) is 2.88. The lowest BCUT2D eigenvalue weighted by Crippen LogP contribution is -2.76. The molecular formula is C27H35N5O5. The first kappa shape index (κ1) is 26.3. The summed E-state index contributed by atoms with van der Waals surface area (Å²) in [4.78, 5) is 43.5. The fourth-order valence-electron chi connectivity index (χ4n) is 4.96. The van der Waals surface area contributed by atoms with Crippen LogP contribution in [0.3, 0.4) is 0 Å². The predicted molar refractivity (Wildman–Crippen MR) is 137 cm³/mol. The Morgan fingerprint density at radius 2 is 1.54 bits per heavy atom. The second-order valence-corrected chi connectivity index (χ2v) is 9.70. The van der Waals surface area contributed by atoms with Gasteiger partial charge in [0, 0.05) is 20.1 Å². The zero-order chi connectivity index (χ0) is 26.7. The fourth-order valence-corrected chi connectivity index (χ4v) is 4.96. The molecule has 0 spiro atoms. The Hall–Kier alpha value is -3.79. The summed E-state index contributed by atoms with van der Waals surface area (Å²) in [5.74, 6) is 1.08. The number of nitrogens with one attached hydrogen (secondary N) is 1. The van der Waals surface area contributed by atoms with Crippen LogP contribution >= 0.6 is 0 Å². The van der Waals surface area contributed by atoms with Crippen LogP contribution in [0.25, 0.3) is 0 Å². The smallest absolute Gasteiger partial charge is 0.334 e. The van der Waals surface area contributed by atoms with Crippen molar-refractivity contribution in [1.82, 2.24) is 25.1 Å². The van der Waals surface area contributed by atoms with Gasteiger partial charge in [0.2, 0.25) is 11.8 Å². The van der Waals surface area contributed by atoms with E-state index in [1.807, 2.05) is 62.4 Å². The molecule has 2 fully saturated rings. The quantitative estimate of drug-likeness (QED) is 0.616. The van der Waals surface area contributed by atoms with E-state index >= 15 is 0 Å². The van der Waals surface area contributed by atoms with E-state index < -0.39 is 12.2 Å². The van der Waals surface area contributed by atoms with E-state index in [9.17, 15) is 14.4 Å². The molecule has 0 aromatic heterocycles. The molecule has 1 N–H and O–H groups in total. The number of methoxy groups -OCH3 is 2. The van der Waals surface area contributed by atoms with Gasteiger partial charge >= 0.3 is 6.03 Å². The van der Waals surface area contributed by atoms with E-state index in [1.165, 1.54) is 0 Å². The number of benzene rings is 2. The van der Waals surface area contributed by atoms with Crippen LogP contribution in [-0.2, 0) is 22.7 Å². The van der Waals surface area contributed by atoms with Crippen molar-refractivity contribution in [3.05, 3.63) is 59.7 Å². The molecule has 2 atom stereocenters. The third-order valence-electron chi connectivity index (χ3n) is 6.85. The molecule has 0 radical (unpaired) electrons. The van der Waals surface area contributed by atoms with Crippen LogP contribution < -0.4 is 14.8 Å². The number of hydrazine groups is 1. The predicted octanol–water partition coefficient (Wildman–Crippen LogP) is 2.30. The molecule has 10 nitrogen and oxygen atoms in total. The van der Waals surface area contributed by atoms with E-state index in [4.69, 9.17) is 9.47 Å². The minimum Gasteiger partial charge on any atom is -0.497 e. The van der Waals surface area contributed by atoms with Crippen LogP contribution in [0.1, 0.15) is 25.0 Å². The summed E-state index contributed by atoms with van der Waals surface area (Å²) in [7, 11) is 4.93. The molecule has 198 valence electrons. The molecule has 4 amide bonds. The molecule has 2 aromatic rings. The summed E-state index contributed by atoms with van der Waals surface area (Å²) < 4.78 is 10.4. The SMILES string of the molecule is COc1ccc(CNC(=O)N2[C@H]3CN(Cc4ccc(OC)cc4)C(=O)[C@H](C(C)C)N3C(=O)CN2C)cc1. The molecule has 10 heteroatoms. The van der Waals surface area contributed by atoms with Crippen molar-refractivity contribution in [2.75, 3.05) is 34.4 Å². The number of fused-ring (bicyclic) bond motifs is 1. The number of likely N-dealkylation sites (N-methyl/N-ethyl adjacent to an activating group) is 1. The maximum absolute atomic E-state index is 13.6. The highest BCUT2D eigenvalue weighted by atomic mass is 16.5. The van der Waals surface area contributed by atoms with Crippen molar-refractivity contribution in [3.8, 4) is 11.5 Å². The maximum atomic E-state index is 13.6. The highest BCUT2D eigenvalue weighted by Crippen LogP contribution is 2.30. The van der Waals surface area contributed by atoms with Gasteiger partial charge in [-0.2, -0.15) is 0 Å². The Balaban J connectivity index is 1.57. The van der Waals surface area contributed by atoms with Crippen molar-refractivity contribution in [2.45, 2.75) is 39.1 Å². The van der Waals surface area contributed by atoms with Gasteiger partial charge in [0.1, 0.15) is 23.7 Å². The highest BCUT2D eigenvalue weighted by molar-refractivity contribution is 5.91. The Morgan fingerprint density at radius 1 is 0.973 bits per heavy atom. The van der Waals surface area contributed by atoms with Gasteiger partial charge in [-0.05, 0) is 41.3 Å². The van der Waals surface area contributed by atoms with Crippen molar-refractivity contribution in [2.24, 2.45) is 5.92 Å². The van der Waals surface area contributed by atoms with E-state index in [0.29, 0.717) is 13.1 Å². The third-order valence-corrected chi connectivity index (χ3v) is 6.85. The molecule has 0 unspecified atom stereocenters. The van der Waals surface area contributed by atoms with Crippen LogP contribution in [0.2, 0.25) is 0 Å². The second-order valence-electron chi connectivity index (χ2n) is 9.70. The average molecular weight is 510 g/mol. The van der Waals surface area contributed by atoms with Crippen LogP contribution in [0.15, 0.2) is 48.5 Å². The number of hydrogen-bond acceptors (Lipinski definition) is 6. The Morgan fingerprint density at radius 3 is 2.08 bits per heavy atom. The molecular weight excluding hydrogens is 474 g/mol. The molecule has 2 aliphatic heterocycles. The van der Waals surface area contributed by atoms with Gasteiger partial charge in [-0.1, -0.05) is 38.1 Å². The molecule has 2 aliphatic rings. The van der Waals surface area contributed by atoms with Crippen LogP contribution in [0.5, 0.6) is 11.5 Å². The Kier molecular flexibility index (Phi) is 7.87. The molecule has 2 heterocycles. The summed E-state index contributed by atoms with van der Waals surface area (Å²) in [6.07, 6.45) is -0.620. The monoisotopic (exact) mass is 509 g/mol. The molecule has 2 aromatic carbocycles. The number of hydrogen-bond donors (Lipinski definition) is 1. The first-order chi connectivity index (χ1) is 17.7. The number of carbonyl (C=O) groups is 3. The molecule has 0 bridgehead atoms. The zero-order valence-electron chi connectivity index (χ0n) is 22.0. The summed E-state index contributed by atoms with van der Waals surface area (Å²) in [5, 5.41) is 6.16. The standard InChI is InChI=1S/C27H35N5O5/c1-18(2)25-26(34)30(15-20-8-12-22(37-5)13-9-20)16-23-31(25)24(33)17-29(3)32(23)27(35)28-14-19-6-10-21(36-4)11-7-19/h6-13,18,23,25H,14-17H2,1-5H3,(H,28,35)/t23-,25-/m0/s1. The highest BCUT2D eigenvalue weighted by Gasteiger charge is 2.51. The number of ether oxygens (including phenoxy) is 2. The number of nitrogens with zero attached hydrogens (tertiary/aromatic N) is 4. The van der Waals surface area contributed by atoms with Gasteiger partial charge in [0.15, 0.2) is 0 Å². The minimum atomic E-state index is -0.657. The topological polar surface area (TPSA) is 94.7 Å². The van der Waals surface area contributed by atoms with Gasteiger partial charge in [-0.3, -0.25) is 9.59 Å². The van der Waals surface area contributed by atoms with Gasteiger partial charge in [-0.25, -0.2) is 14.8 Å². The van der Waals surface area contributed by atoms with E-state index in [0.717, 1.165) is 22.6 Å². The summed E-state index contributed by atoms with van der Waals surface area (Å²) in [5.41, 5.74) is 1.86. The maximum Gasteiger partial charge on any atom is 0.334 e. The number of piperazine rings is 1. The second kappa shape index (κ2) is 11.1. The lowest BCUT2D eigenvalue weighted by Gasteiger charge is -2.55. The van der Waals surface area contributed by atoms with Crippen molar-refractivity contribution >= 4 is 17.8 Å². The number of carbonyl (C=O) groups excluding carboxylic acids is 3. The van der Waals surface area contributed by atoms with Crippen LogP contribution in [0.4, 0.5) is 4.79 Å². The lowest BCUT2D eigenvalue weighted by molar-refractivity contribution is -0.190. The van der Waals surface area contributed by atoms with Gasteiger partial charge in [-0.15, -0.1) is 0 Å². The molecule has 0 aliphatic carbocycles. The van der Waals surface area contributed by atoms with Crippen molar-refractivity contribution < 1.29 is 23.9 Å². The van der Waals surface area contributed by atoms with Gasteiger partial charge in [0.25, 0.3) is 0 Å². The van der Waals surface area contributed by atoms with Crippen molar-refractivity contribution in [1.29, 1.82) is 0 Å². The number of rotatable bonds is 7. The lowest BCUT2D eigenvalue weighted by atomic mass is 9.96. The zero-order valence-corrected chi connectivity index (χ0v) is 22.0. The summed E-state index contributed by atoms with van der Waals surface area (Å²) >= 11 is 0. The molecule has 2 saturated heterocycles. The summed E-state index contributed by atoms with van der Waals surface area (Å²) in [6, 6.07) is 14.0. The van der Waals surface area contributed by atoms with E-state index in [2.05, 4.69) is 5.32 Å². The molecule has 4 rings (SSSR count). The Labute approximate surface area is 217 Å². The van der Waals surface area contributed by atoms with Gasteiger partial charge in [0.05, 0.1) is 27.3 Å².